The fourth-order valence-electron chi connectivity index (χ4n) is 3.68. The Morgan fingerprint density at radius 2 is 1.08 bits per heavy atom. The van der Waals surface area contributed by atoms with Crippen molar-refractivity contribution < 1.29 is 0 Å². The summed E-state index contributed by atoms with van der Waals surface area (Å²) in [5.41, 5.74) is 0.431. The summed E-state index contributed by atoms with van der Waals surface area (Å²) in [6.45, 7) is 24.1. The van der Waals surface area contributed by atoms with Crippen LogP contribution in [0.25, 0.3) is 0 Å². The zero-order valence-corrected chi connectivity index (χ0v) is 26.9. The summed E-state index contributed by atoms with van der Waals surface area (Å²) in [6, 6.07) is 0. The lowest BCUT2D eigenvalue weighted by atomic mass is 10.1. The number of nitrogens with one attached hydrogen (secondary N) is 1. The van der Waals surface area contributed by atoms with Crippen LogP contribution in [0.2, 0.25) is 0 Å². The van der Waals surface area contributed by atoms with Gasteiger partial charge in [-0.25, -0.2) is 0 Å². The molecule has 37 heavy (non-hydrogen) atoms. The molecule has 0 atom stereocenters. The van der Waals surface area contributed by atoms with Crippen LogP contribution in [0.4, 0.5) is 11.4 Å². The molecule has 0 aliphatic rings. The topological polar surface area (TPSA) is 52.6 Å². The van der Waals surface area contributed by atoms with Crippen molar-refractivity contribution in [3.05, 3.63) is 20.4 Å². The summed E-state index contributed by atoms with van der Waals surface area (Å²) >= 11 is 0. The molecule has 0 aromatic heterocycles. The lowest BCUT2D eigenvalue weighted by Gasteiger charge is -2.26. The van der Waals surface area contributed by atoms with Gasteiger partial charge in [0, 0.05) is 20.1 Å². The van der Waals surface area contributed by atoms with Gasteiger partial charge in [-0.05, 0) is 38.9 Å². The third-order valence-corrected chi connectivity index (χ3v) is 6.09. The average molecular weight is 526 g/mol. The Balaban J connectivity index is -0.00000112. The molecule has 222 valence electrons. The van der Waals surface area contributed by atoms with E-state index in [0.29, 0.717) is 11.4 Å². The number of rotatable bonds is 19. The first kappa shape index (κ1) is 40.1. The molecule has 0 spiro atoms. The maximum atomic E-state index is 12.0. The monoisotopic (exact) mass is 526 g/mol. The first-order valence-electron chi connectivity index (χ1n) is 15.9. The quantitative estimate of drug-likeness (QED) is 0.145. The van der Waals surface area contributed by atoms with E-state index in [1.165, 1.54) is 57.8 Å². The first-order chi connectivity index (χ1) is 17.9. The Kier molecular flexibility index (Phi) is 33.5. The molecule has 5 heteroatoms. The van der Waals surface area contributed by atoms with Crippen molar-refractivity contribution in [1.82, 2.24) is 4.90 Å². The van der Waals surface area contributed by atoms with Gasteiger partial charge in [-0.15, -0.1) is 0 Å². The highest BCUT2D eigenvalue weighted by molar-refractivity contribution is 5.74. The van der Waals surface area contributed by atoms with Crippen LogP contribution < -0.4 is 21.1 Å². The van der Waals surface area contributed by atoms with Crippen molar-refractivity contribution in [2.45, 2.75) is 146 Å². The van der Waals surface area contributed by atoms with Crippen molar-refractivity contribution in [1.29, 1.82) is 0 Å². The van der Waals surface area contributed by atoms with Crippen molar-refractivity contribution >= 4 is 11.4 Å². The highest BCUT2D eigenvalue weighted by Gasteiger charge is 2.23. The van der Waals surface area contributed by atoms with E-state index in [4.69, 9.17) is 0 Å². The molecule has 0 fully saturated rings. The van der Waals surface area contributed by atoms with Gasteiger partial charge in [-0.3, -0.25) is 9.59 Å². The molecule has 5 nitrogen and oxygen atoms in total. The zero-order chi connectivity index (χ0) is 28.9. The van der Waals surface area contributed by atoms with Crippen molar-refractivity contribution in [3.8, 4) is 0 Å². The number of hydrogen-bond donors (Lipinski definition) is 1. The third-order valence-electron chi connectivity index (χ3n) is 6.09. The summed E-state index contributed by atoms with van der Waals surface area (Å²) < 4.78 is 0. The number of anilines is 2. The van der Waals surface area contributed by atoms with Gasteiger partial charge in [-0.1, -0.05) is 127 Å². The van der Waals surface area contributed by atoms with Crippen LogP contribution in [0, 0.1) is 0 Å². The predicted molar refractivity (Wildman–Crippen MR) is 171 cm³/mol. The fourth-order valence-corrected chi connectivity index (χ4v) is 3.68. The van der Waals surface area contributed by atoms with Gasteiger partial charge >= 0.3 is 0 Å². The van der Waals surface area contributed by atoms with Crippen LogP contribution in [0.3, 0.4) is 0 Å². The van der Waals surface area contributed by atoms with Gasteiger partial charge in [0.1, 0.15) is 11.4 Å². The third kappa shape index (κ3) is 21.3. The molecule has 0 heterocycles. The van der Waals surface area contributed by atoms with E-state index in [2.05, 4.69) is 58.7 Å². The molecule has 0 bridgehead atoms. The molecule has 0 saturated heterocycles. The fraction of sp³-hybridized carbons (Fsp3) is 0.875. The lowest BCUT2D eigenvalue weighted by Crippen LogP contribution is -2.42. The SMILES string of the molecule is CC.CCC.CCCC.CCCCCCCCN(CC)CCCN(C)c1c(NCCCCC)c(=O)c1=O. The van der Waals surface area contributed by atoms with E-state index in [-0.39, 0.29) is 10.9 Å². The molecular formula is C32H67N3O2. The molecule has 0 saturated carbocycles. The minimum atomic E-state index is -0.350. The standard InChI is InChI=1S/C23H43N3O2.C4H10.C3H8.C2H6/c1-5-8-10-11-12-14-18-26(7-3)19-15-17-25(4)21-20(22(27)23(21)28)24-16-13-9-6-2;1-3-4-2;1-3-2;1-2/h24H,5-19H2,1-4H3;3-4H2,1-2H3;3H2,1-2H3;1-2H3. The zero-order valence-electron chi connectivity index (χ0n) is 26.9. The van der Waals surface area contributed by atoms with Crippen LogP contribution in [0.15, 0.2) is 9.59 Å². The largest absolute Gasteiger partial charge is 0.380 e. The Hall–Kier alpha value is -1.36. The normalized spacial score (nSPS) is 10.1. The second-order valence-corrected chi connectivity index (χ2v) is 9.70. The van der Waals surface area contributed by atoms with Crippen molar-refractivity contribution in [3.63, 3.8) is 0 Å². The number of nitrogens with zero attached hydrogens (tertiary/aromatic N) is 2. The van der Waals surface area contributed by atoms with E-state index in [9.17, 15) is 9.59 Å². The second kappa shape index (κ2) is 30.9. The van der Waals surface area contributed by atoms with E-state index in [1.54, 1.807) is 0 Å². The highest BCUT2D eigenvalue weighted by atomic mass is 16.2. The second-order valence-electron chi connectivity index (χ2n) is 9.70. The smallest absolute Gasteiger partial charge is 0.253 e. The molecule has 0 radical (unpaired) electrons. The Morgan fingerprint density at radius 3 is 1.59 bits per heavy atom. The van der Waals surface area contributed by atoms with Gasteiger partial charge in [0.15, 0.2) is 0 Å². The number of unbranched alkanes of at least 4 members (excludes halogenated alkanes) is 8. The van der Waals surface area contributed by atoms with E-state index >= 15 is 0 Å². The summed E-state index contributed by atoms with van der Waals surface area (Å²) in [6.07, 6.45) is 16.2. The molecule has 1 rings (SSSR count). The molecule has 0 unspecified atom stereocenters. The minimum Gasteiger partial charge on any atom is -0.380 e. The molecule has 0 amide bonds. The Bertz CT molecular complexity index is 636. The maximum absolute atomic E-state index is 12.0. The van der Waals surface area contributed by atoms with Gasteiger partial charge in [0.25, 0.3) is 10.9 Å². The minimum absolute atomic E-state index is 0.333. The van der Waals surface area contributed by atoms with E-state index in [1.807, 2.05) is 25.8 Å². The maximum Gasteiger partial charge on any atom is 0.253 e. The molecule has 1 N–H and O–H groups in total. The highest BCUT2D eigenvalue weighted by Crippen LogP contribution is 2.19. The van der Waals surface area contributed by atoms with Crippen molar-refractivity contribution in [2.75, 3.05) is 50.0 Å². The molecule has 0 aliphatic carbocycles. The van der Waals surface area contributed by atoms with E-state index < -0.39 is 0 Å². The van der Waals surface area contributed by atoms with Gasteiger partial charge in [0.05, 0.1) is 0 Å². The lowest BCUT2D eigenvalue weighted by molar-refractivity contribution is 0.278. The number of hydrogen-bond acceptors (Lipinski definition) is 5. The van der Waals surface area contributed by atoms with Gasteiger partial charge in [0.2, 0.25) is 0 Å². The van der Waals surface area contributed by atoms with Crippen LogP contribution in [-0.2, 0) is 0 Å². The summed E-state index contributed by atoms with van der Waals surface area (Å²) in [5, 5.41) is 3.18. The van der Waals surface area contributed by atoms with Gasteiger partial charge < -0.3 is 15.1 Å². The van der Waals surface area contributed by atoms with Crippen molar-refractivity contribution in [2.24, 2.45) is 0 Å². The summed E-state index contributed by atoms with van der Waals surface area (Å²) in [4.78, 5) is 28.3. The van der Waals surface area contributed by atoms with Crippen LogP contribution in [-0.4, -0.2) is 44.7 Å². The van der Waals surface area contributed by atoms with Crippen LogP contribution in [0.5, 0.6) is 0 Å². The first-order valence-corrected chi connectivity index (χ1v) is 15.9. The molecule has 1 aromatic carbocycles. The van der Waals surface area contributed by atoms with Crippen LogP contribution in [0.1, 0.15) is 146 Å². The Morgan fingerprint density at radius 1 is 0.595 bits per heavy atom. The summed E-state index contributed by atoms with van der Waals surface area (Å²) in [5.74, 6) is 0. The average Bonchev–Trinajstić information content (AvgIpc) is 2.92. The Labute approximate surface area is 232 Å². The van der Waals surface area contributed by atoms with Gasteiger partial charge in [-0.2, -0.15) is 0 Å². The van der Waals surface area contributed by atoms with Crippen LogP contribution >= 0.6 is 0 Å². The summed E-state index contributed by atoms with van der Waals surface area (Å²) in [7, 11) is 1.93. The predicted octanol–water partition coefficient (Wildman–Crippen LogP) is 8.64. The molecule has 0 aliphatic heterocycles. The van der Waals surface area contributed by atoms with E-state index in [0.717, 1.165) is 58.4 Å². The molecular weight excluding hydrogens is 458 g/mol. The molecule has 1 aromatic rings.